The van der Waals surface area contributed by atoms with Crippen molar-refractivity contribution >= 4 is 23.6 Å². The standard InChI is InChI=1S/C15H19NO3S/c1-9-4-5-11(20-3)6-12(9)14(17)16-7-10(2)13(8-16)15(18)19/h4-6,10,13H,7-8H2,1-3H3,(H,18,19)/t10-,13-/m1/s1. The van der Waals surface area contributed by atoms with Crippen molar-refractivity contribution in [2.75, 3.05) is 19.3 Å². The van der Waals surface area contributed by atoms with E-state index in [0.29, 0.717) is 18.7 Å². The number of likely N-dealkylation sites (tertiary alicyclic amines) is 1. The molecule has 5 heteroatoms. The summed E-state index contributed by atoms with van der Waals surface area (Å²) in [6.07, 6.45) is 1.97. The van der Waals surface area contributed by atoms with E-state index in [2.05, 4.69) is 0 Å². The van der Waals surface area contributed by atoms with Gasteiger partial charge in [-0.15, -0.1) is 11.8 Å². The Labute approximate surface area is 123 Å². The molecule has 0 spiro atoms. The summed E-state index contributed by atoms with van der Waals surface area (Å²) < 4.78 is 0. The van der Waals surface area contributed by atoms with Gasteiger partial charge >= 0.3 is 5.97 Å². The minimum absolute atomic E-state index is 0.000453. The number of carboxylic acids is 1. The van der Waals surface area contributed by atoms with Gasteiger partial charge in [-0.05, 0) is 36.8 Å². The molecule has 1 fully saturated rings. The molecule has 1 aromatic carbocycles. The molecule has 4 nitrogen and oxygen atoms in total. The smallest absolute Gasteiger partial charge is 0.308 e. The third-order valence-corrected chi connectivity index (χ3v) is 4.62. The molecule has 1 aliphatic rings. The molecule has 0 aromatic heterocycles. The first-order chi connectivity index (χ1) is 9.43. The first-order valence-electron chi connectivity index (χ1n) is 6.60. The molecule has 20 heavy (non-hydrogen) atoms. The first kappa shape index (κ1) is 14.9. The number of nitrogens with zero attached hydrogens (tertiary/aromatic N) is 1. The summed E-state index contributed by atoms with van der Waals surface area (Å²) >= 11 is 1.59. The number of rotatable bonds is 3. The van der Waals surface area contributed by atoms with Crippen LogP contribution in [-0.4, -0.2) is 41.2 Å². The van der Waals surface area contributed by atoms with E-state index in [1.54, 1.807) is 16.7 Å². The van der Waals surface area contributed by atoms with Crippen LogP contribution in [0.3, 0.4) is 0 Å². The van der Waals surface area contributed by atoms with Gasteiger partial charge in [0, 0.05) is 23.5 Å². The maximum absolute atomic E-state index is 12.6. The SMILES string of the molecule is CSc1ccc(C)c(C(=O)N2C[C@@H](C)[C@H](C(=O)O)C2)c1. The van der Waals surface area contributed by atoms with Crippen molar-refractivity contribution in [2.24, 2.45) is 11.8 Å². The number of benzene rings is 1. The molecule has 1 aliphatic heterocycles. The Morgan fingerprint density at radius 3 is 2.60 bits per heavy atom. The molecular formula is C15H19NO3S. The van der Waals surface area contributed by atoms with Crippen LogP contribution in [0.25, 0.3) is 0 Å². The molecule has 0 radical (unpaired) electrons. The van der Waals surface area contributed by atoms with Crippen LogP contribution in [0.4, 0.5) is 0 Å². The quantitative estimate of drug-likeness (QED) is 0.870. The zero-order valence-corrected chi connectivity index (χ0v) is 12.7. The van der Waals surface area contributed by atoms with E-state index in [1.165, 1.54) is 0 Å². The van der Waals surface area contributed by atoms with Crippen molar-refractivity contribution in [3.63, 3.8) is 0 Å². The van der Waals surface area contributed by atoms with Gasteiger partial charge < -0.3 is 10.0 Å². The lowest BCUT2D eigenvalue weighted by Gasteiger charge is -2.17. The van der Waals surface area contributed by atoms with E-state index >= 15 is 0 Å². The highest BCUT2D eigenvalue weighted by Crippen LogP contribution is 2.27. The average molecular weight is 293 g/mol. The van der Waals surface area contributed by atoms with E-state index in [-0.39, 0.29) is 11.8 Å². The topological polar surface area (TPSA) is 57.6 Å². The third kappa shape index (κ3) is 2.82. The fourth-order valence-corrected chi connectivity index (χ4v) is 3.02. The Hall–Kier alpha value is -1.49. The summed E-state index contributed by atoms with van der Waals surface area (Å²) in [7, 11) is 0. The number of aliphatic carboxylic acids is 1. The largest absolute Gasteiger partial charge is 0.481 e. The second-order valence-electron chi connectivity index (χ2n) is 5.31. The zero-order valence-electron chi connectivity index (χ0n) is 11.9. The molecule has 0 saturated carbocycles. The Balaban J connectivity index is 2.22. The van der Waals surface area contributed by atoms with Gasteiger partial charge in [-0.25, -0.2) is 0 Å². The molecule has 1 amide bonds. The zero-order chi connectivity index (χ0) is 14.9. The Kier molecular flexibility index (Phi) is 4.38. The number of carbonyl (C=O) groups excluding carboxylic acids is 1. The fourth-order valence-electron chi connectivity index (χ4n) is 2.58. The van der Waals surface area contributed by atoms with Crippen LogP contribution < -0.4 is 0 Å². The lowest BCUT2D eigenvalue weighted by Crippen LogP contribution is -2.30. The van der Waals surface area contributed by atoms with Crippen LogP contribution in [0.2, 0.25) is 0 Å². The van der Waals surface area contributed by atoms with Crippen molar-refractivity contribution < 1.29 is 14.7 Å². The number of aryl methyl sites for hydroxylation is 1. The summed E-state index contributed by atoms with van der Waals surface area (Å²) in [4.78, 5) is 26.4. The van der Waals surface area contributed by atoms with E-state index in [0.717, 1.165) is 10.5 Å². The lowest BCUT2D eigenvalue weighted by atomic mass is 9.99. The second-order valence-corrected chi connectivity index (χ2v) is 6.19. The highest BCUT2D eigenvalue weighted by atomic mass is 32.2. The number of thioether (sulfide) groups is 1. The van der Waals surface area contributed by atoms with Gasteiger partial charge in [-0.2, -0.15) is 0 Å². The molecule has 0 aliphatic carbocycles. The maximum atomic E-state index is 12.6. The Morgan fingerprint density at radius 1 is 1.35 bits per heavy atom. The predicted molar refractivity (Wildman–Crippen MR) is 79.2 cm³/mol. The minimum atomic E-state index is -0.817. The minimum Gasteiger partial charge on any atom is -0.481 e. The molecule has 2 rings (SSSR count). The van der Waals surface area contributed by atoms with E-state index in [4.69, 9.17) is 5.11 Å². The lowest BCUT2D eigenvalue weighted by molar-refractivity contribution is -0.142. The summed E-state index contributed by atoms with van der Waals surface area (Å²) in [6.45, 7) is 4.61. The molecule has 1 saturated heterocycles. The molecule has 2 atom stereocenters. The third-order valence-electron chi connectivity index (χ3n) is 3.89. The van der Waals surface area contributed by atoms with Crippen LogP contribution in [0.5, 0.6) is 0 Å². The fraction of sp³-hybridized carbons (Fsp3) is 0.467. The highest BCUT2D eigenvalue weighted by molar-refractivity contribution is 7.98. The van der Waals surface area contributed by atoms with Gasteiger partial charge in [-0.1, -0.05) is 13.0 Å². The number of carboxylic acid groups (broad SMARTS) is 1. The van der Waals surface area contributed by atoms with Gasteiger partial charge in [-0.3, -0.25) is 9.59 Å². The van der Waals surface area contributed by atoms with Crippen molar-refractivity contribution in [3.8, 4) is 0 Å². The Morgan fingerprint density at radius 2 is 2.05 bits per heavy atom. The van der Waals surface area contributed by atoms with E-state index in [1.807, 2.05) is 38.3 Å². The molecule has 1 aromatic rings. The van der Waals surface area contributed by atoms with Crippen LogP contribution in [0.1, 0.15) is 22.8 Å². The second kappa shape index (κ2) is 5.87. The number of amides is 1. The summed E-state index contributed by atoms with van der Waals surface area (Å²) in [5.74, 6) is -1.33. The highest BCUT2D eigenvalue weighted by Gasteiger charge is 2.37. The summed E-state index contributed by atoms with van der Waals surface area (Å²) in [5, 5.41) is 9.15. The molecule has 0 unspecified atom stereocenters. The number of hydrogen-bond acceptors (Lipinski definition) is 3. The predicted octanol–water partition coefficient (Wildman–Crippen LogP) is 2.51. The van der Waals surface area contributed by atoms with Crippen LogP contribution in [0.15, 0.2) is 23.1 Å². The van der Waals surface area contributed by atoms with Gasteiger partial charge in [0.05, 0.1) is 5.92 Å². The number of carbonyl (C=O) groups is 2. The van der Waals surface area contributed by atoms with E-state index in [9.17, 15) is 9.59 Å². The van der Waals surface area contributed by atoms with Crippen molar-refractivity contribution in [1.29, 1.82) is 0 Å². The van der Waals surface area contributed by atoms with Crippen molar-refractivity contribution in [1.82, 2.24) is 4.90 Å². The Bertz CT molecular complexity index is 544. The molecule has 108 valence electrons. The van der Waals surface area contributed by atoms with E-state index < -0.39 is 11.9 Å². The monoisotopic (exact) mass is 293 g/mol. The van der Waals surface area contributed by atoms with Crippen LogP contribution in [0, 0.1) is 18.8 Å². The molecular weight excluding hydrogens is 274 g/mol. The normalized spacial score (nSPS) is 22.1. The van der Waals surface area contributed by atoms with Gasteiger partial charge in [0.15, 0.2) is 0 Å². The summed E-state index contributed by atoms with van der Waals surface area (Å²) in [5.41, 5.74) is 1.61. The molecule has 1 heterocycles. The first-order valence-corrected chi connectivity index (χ1v) is 7.83. The van der Waals surface area contributed by atoms with Gasteiger partial charge in [0.25, 0.3) is 5.91 Å². The van der Waals surface area contributed by atoms with Crippen molar-refractivity contribution in [3.05, 3.63) is 29.3 Å². The molecule has 0 bridgehead atoms. The van der Waals surface area contributed by atoms with Crippen LogP contribution in [-0.2, 0) is 4.79 Å². The van der Waals surface area contributed by atoms with Crippen LogP contribution >= 0.6 is 11.8 Å². The van der Waals surface area contributed by atoms with Crippen molar-refractivity contribution in [2.45, 2.75) is 18.7 Å². The average Bonchev–Trinajstić information content (AvgIpc) is 2.81. The maximum Gasteiger partial charge on any atom is 0.308 e. The summed E-state index contributed by atoms with van der Waals surface area (Å²) in [6, 6.07) is 5.82. The number of hydrogen-bond donors (Lipinski definition) is 1. The van der Waals surface area contributed by atoms with Gasteiger partial charge in [0.1, 0.15) is 0 Å². The molecule has 1 N–H and O–H groups in total. The van der Waals surface area contributed by atoms with Gasteiger partial charge in [0.2, 0.25) is 0 Å².